The van der Waals surface area contributed by atoms with E-state index in [-0.39, 0.29) is 51.2 Å². The maximum absolute atomic E-state index is 16.7. The average molecular weight is 575 g/mol. The topological polar surface area (TPSA) is 93.8 Å². The number of carbonyl (C=O) groups is 1. The fourth-order valence-electron chi connectivity index (χ4n) is 6.52. The number of benzene rings is 4. The summed E-state index contributed by atoms with van der Waals surface area (Å²) in [6.45, 7) is 0.797. The second-order valence-corrected chi connectivity index (χ2v) is 11.0. The molecule has 1 unspecified atom stereocenters. The Morgan fingerprint density at radius 2 is 1.78 bits per heavy atom. The SMILES string of the molecule is NC(=O)c1cc2c(c(F)c1-c1c(Cl)c(F)cc3c1C[C@](c1ccccc1)([C@@H]1CCCN1)O3)C(O)c1ccccc1O2. The zero-order valence-electron chi connectivity index (χ0n) is 21.7. The highest BCUT2D eigenvalue weighted by atomic mass is 35.5. The normalized spacial score (nSPS) is 22.3. The molecule has 7 rings (SSSR count). The molecule has 0 radical (unpaired) electrons. The van der Waals surface area contributed by atoms with Crippen molar-refractivity contribution in [2.75, 3.05) is 6.54 Å². The maximum Gasteiger partial charge on any atom is 0.249 e. The minimum atomic E-state index is -1.40. The molecule has 41 heavy (non-hydrogen) atoms. The summed E-state index contributed by atoms with van der Waals surface area (Å²) in [6.07, 6.45) is 0.580. The summed E-state index contributed by atoms with van der Waals surface area (Å²) in [4.78, 5) is 12.8. The lowest BCUT2D eigenvalue weighted by atomic mass is 9.79. The van der Waals surface area contributed by atoms with Crippen molar-refractivity contribution in [3.8, 4) is 28.4 Å². The van der Waals surface area contributed by atoms with E-state index >= 15 is 8.78 Å². The van der Waals surface area contributed by atoms with Crippen molar-refractivity contribution in [2.24, 2.45) is 5.73 Å². The molecule has 0 aliphatic carbocycles. The number of aliphatic hydroxyl groups is 1. The largest absolute Gasteiger partial charge is 0.480 e. The van der Waals surface area contributed by atoms with Gasteiger partial charge in [0.15, 0.2) is 5.60 Å². The smallest absolute Gasteiger partial charge is 0.249 e. The lowest BCUT2D eigenvalue weighted by Gasteiger charge is -2.35. The molecule has 1 amide bonds. The van der Waals surface area contributed by atoms with Crippen LogP contribution in [0.1, 0.15) is 51.6 Å². The molecular formula is C32H25ClF2N2O4. The van der Waals surface area contributed by atoms with Crippen LogP contribution in [0.3, 0.4) is 0 Å². The second kappa shape index (κ2) is 9.55. The number of nitrogens with two attached hydrogens (primary N) is 1. The molecule has 4 aromatic carbocycles. The van der Waals surface area contributed by atoms with Gasteiger partial charge in [-0.25, -0.2) is 8.78 Å². The van der Waals surface area contributed by atoms with Gasteiger partial charge in [-0.3, -0.25) is 4.79 Å². The average Bonchev–Trinajstić information content (AvgIpc) is 3.64. The number of carbonyl (C=O) groups excluding carboxylic acids is 1. The Morgan fingerprint density at radius 1 is 1.02 bits per heavy atom. The Balaban J connectivity index is 1.47. The first-order valence-corrected chi connectivity index (χ1v) is 13.8. The zero-order chi connectivity index (χ0) is 28.5. The van der Waals surface area contributed by atoms with Crippen LogP contribution in [0.15, 0.2) is 66.7 Å². The molecule has 3 aliphatic rings. The van der Waals surface area contributed by atoms with E-state index in [1.165, 1.54) is 12.1 Å². The van der Waals surface area contributed by atoms with Crippen LogP contribution in [0, 0.1) is 11.6 Å². The summed E-state index contributed by atoms with van der Waals surface area (Å²) >= 11 is 6.60. The van der Waals surface area contributed by atoms with Gasteiger partial charge in [0.05, 0.1) is 22.2 Å². The van der Waals surface area contributed by atoms with Crippen molar-refractivity contribution in [3.63, 3.8) is 0 Å². The molecule has 208 valence electrons. The minimum Gasteiger partial charge on any atom is -0.480 e. The van der Waals surface area contributed by atoms with Gasteiger partial charge in [-0.2, -0.15) is 0 Å². The number of ether oxygens (including phenoxy) is 2. The number of primary amides is 1. The Kier molecular flexibility index (Phi) is 6.04. The summed E-state index contributed by atoms with van der Waals surface area (Å²) in [5, 5.41) is 14.3. The summed E-state index contributed by atoms with van der Waals surface area (Å²) in [5.74, 6) is -2.29. The lowest BCUT2D eigenvalue weighted by Crippen LogP contribution is -2.48. The molecule has 6 nitrogen and oxygen atoms in total. The van der Waals surface area contributed by atoms with E-state index in [1.54, 1.807) is 24.3 Å². The predicted molar refractivity (Wildman–Crippen MR) is 149 cm³/mol. The van der Waals surface area contributed by atoms with Crippen LogP contribution in [0.2, 0.25) is 5.02 Å². The third kappa shape index (κ3) is 3.85. The number of hydrogen-bond donors (Lipinski definition) is 3. The van der Waals surface area contributed by atoms with E-state index in [0.717, 1.165) is 24.9 Å². The summed E-state index contributed by atoms with van der Waals surface area (Å²) < 4.78 is 44.7. The molecule has 0 aromatic heterocycles. The van der Waals surface area contributed by atoms with Gasteiger partial charge in [0, 0.05) is 34.7 Å². The molecule has 0 spiro atoms. The van der Waals surface area contributed by atoms with Crippen LogP contribution < -0.4 is 20.5 Å². The number of fused-ring (bicyclic) bond motifs is 3. The van der Waals surface area contributed by atoms with Crippen molar-refractivity contribution in [2.45, 2.75) is 37.0 Å². The molecule has 4 aromatic rings. The van der Waals surface area contributed by atoms with Crippen molar-refractivity contribution < 1.29 is 28.2 Å². The van der Waals surface area contributed by atoms with Gasteiger partial charge in [-0.05, 0) is 37.1 Å². The summed E-state index contributed by atoms with van der Waals surface area (Å²) in [7, 11) is 0. The number of rotatable bonds is 4. The Labute approximate surface area is 239 Å². The van der Waals surface area contributed by atoms with Crippen LogP contribution in [0.5, 0.6) is 17.2 Å². The molecule has 3 aliphatic heterocycles. The predicted octanol–water partition coefficient (Wildman–Crippen LogP) is 6.15. The molecule has 9 heteroatoms. The van der Waals surface area contributed by atoms with E-state index < -0.39 is 29.2 Å². The van der Waals surface area contributed by atoms with Gasteiger partial charge in [0.1, 0.15) is 35.0 Å². The lowest BCUT2D eigenvalue weighted by molar-refractivity contribution is 0.0539. The number of halogens is 3. The molecule has 0 bridgehead atoms. The number of amides is 1. The highest BCUT2D eigenvalue weighted by Crippen LogP contribution is 2.54. The zero-order valence-corrected chi connectivity index (χ0v) is 22.5. The van der Waals surface area contributed by atoms with Gasteiger partial charge in [-0.15, -0.1) is 0 Å². The number of para-hydroxylation sites is 1. The Morgan fingerprint density at radius 3 is 2.51 bits per heavy atom. The van der Waals surface area contributed by atoms with Gasteiger partial charge in [0.2, 0.25) is 5.91 Å². The first kappa shape index (κ1) is 26.0. The third-order valence-electron chi connectivity index (χ3n) is 8.39. The molecule has 3 atom stereocenters. The van der Waals surface area contributed by atoms with Crippen LogP contribution in [-0.4, -0.2) is 23.6 Å². The fraction of sp³-hybridized carbons (Fsp3) is 0.219. The Bertz CT molecular complexity index is 1730. The third-order valence-corrected chi connectivity index (χ3v) is 8.76. The molecule has 0 saturated carbocycles. The highest BCUT2D eigenvalue weighted by molar-refractivity contribution is 6.34. The maximum atomic E-state index is 16.7. The fourth-order valence-corrected chi connectivity index (χ4v) is 6.78. The van der Waals surface area contributed by atoms with Gasteiger partial charge < -0.3 is 25.6 Å². The van der Waals surface area contributed by atoms with E-state index in [4.69, 9.17) is 26.8 Å². The van der Waals surface area contributed by atoms with E-state index in [0.29, 0.717) is 16.9 Å². The molecular weight excluding hydrogens is 550 g/mol. The van der Waals surface area contributed by atoms with Crippen LogP contribution in [0.25, 0.3) is 11.1 Å². The van der Waals surface area contributed by atoms with E-state index in [2.05, 4.69) is 5.32 Å². The Hall–Kier alpha value is -3.98. The quantitative estimate of drug-likeness (QED) is 0.272. The van der Waals surface area contributed by atoms with Crippen LogP contribution in [0.4, 0.5) is 8.78 Å². The summed E-state index contributed by atoms with van der Waals surface area (Å²) in [6, 6.07) is 18.6. The molecule has 4 N–H and O–H groups in total. The highest BCUT2D eigenvalue weighted by Gasteiger charge is 2.50. The van der Waals surface area contributed by atoms with E-state index in [1.807, 2.05) is 30.3 Å². The first-order chi connectivity index (χ1) is 19.8. The second-order valence-electron chi connectivity index (χ2n) is 10.6. The van der Waals surface area contributed by atoms with Gasteiger partial charge in [0.25, 0.3) is 0 Å². The van der Waals surface area contributed by atoms with Gasteiger partial charge >= 0.3 is 0 Å². The first-order valence-electron chi connectivity index (χ1n) is 13.4. The number of aliphatic hydroxyl groups excluding tert-OH is 1. The van der Waals surface area contributed by atoms with Crippen molar-refractivity contribution in [1.29, 1.82) is 0 Å². The van der Waals surface area contributed by atoms with E-state index in [9.17, 15) is 9.90 Å². The number of hydrogen-bond acceptors (Lipinski definition) is 5. The monoisotopic (exact) mass is 574 g/mol. The summed E-state index contributed by atoms with van der Waals surface area (Å²) in [5.41, 5.74) is 5.73. The van der Waals surface area contributed by atoms with Gasteiger partial charge in [-0.1, -0.05) is 60.1 Å². The molecule has 1 fully saturated rings. The van der Waals surface area contributed by atoms with Crippen molar-refractivity contribution in [1.82, 2.24) is 5.32 Å². The van der Waals surface area contributed by atoms with Crippen LogP contribution in [-0.2, 0) is 12.0 Å². The standard InChI is InChI=1S/C32H25ClF2N2O4/c33-28-20(34)14-22-19(15-32(41-22,24-11-6-12-37-24)16-7-2-1-3-8-16)25(28)26-18(31(36)39)13-23-27(29(26)35)30(38)17-9-4-5-10-21(17)40-23/h1-5,7-10,13-14,24,30,37-38H,6,11-12,15H2,(H2,36,39)/t24-,30?,32-/m0/s1. The molecule has 1 saturated heterocycles. The minimum absolute atomic E-state index is 0.0300. The van der Waals surface area contributed by atoms with Crippen LogP contribution >= 0.6 is 11.6 Å². The van der Waals surface area contributed by atoms with Crippen molar-refractivity contribution in [3.05, 3.63) is 111 Å². The molecule has 3 heterocycles. The van der Waals surface area contributed by atoms with Crippen molar-refractivity contribution >= 4 is 17.5 Å². The number of nitrogens with one attached hydrogen (secondary N) is 1.